The number of benzene rings is 1. The van der Waals surface area contributed by atoms with E-state index in [2.05, 4.69) is 18.2 Å². The minimum absolute atomic E-state index is 0.653. The normalized spacial score (nSPS) is 32.1. The van der Waals surface area contributed by atoms with Crippen LogP contribution in [-0.2, 0) is 0 Å². The summed E-state index contributed by atoms with van der Waals surface area (Å²) >= 11 is 0. The zero-order chi connectivity index (χ0) is 10.3. The Balaban J connectivity index is 1.93. The lowest BCUT2D eigenvalue weighted by atomic mass is 9.86. The van der Waals surface area contributed by atoms with Gasteiger partial charge in [-0.05, 0) is 42.2 Å². The SMILES string of the molecule is O=Cc1cccc(C2CC3C=CC2C3)c1. The Labute approximate surface area is 89.8 Å². The van der Waals surface area contributed by atoms with Crippen LogP contribution in [0.1, 0.15) is 34.7 Å². The molecular formula is C14H14O. The lowest BCUT2D eigenvalue weighted by Crippen LogP contribution is -2.05. The van der Waals surface area contributed by atoms with Crippen LogP contribution in [0.5, 0.6) is 0 Å². The number of fused-ring (bicyclic) bond motifs is 2. The van der Waals surface area contributed by atoms with Crippen molar-refractivity contribution in [1.82, 2.24) is 0 Å². The highest BCUT2D eigenvalue weighted by molar-refractivity contribution is 5.75. The molecular weight excluding hydrogens is 184 g/mol. The highest BCUT2D eigenvalue weighted by Crippen LogP contribution is 2.48. The number of allylic oxidation sites excluding steroid dienone is 2. The molecule has 0 radical (unpaired) electrons. The molecule has 76 valence electrons. The fourth-order valence-corrected chi connectivity index (χ4v) is 3.03. The summed E-state index contributed by atoms with van der Waals surface area (Å²) in [5, 5.41) is 0. The third-order valence-corrected chi connectivity index (χ3v) is 3.75. The Morgan fingerprint density at radius 3 is 2.80 bits per heavy atom. The van der Waals surface area contributed by atoms with Crippen LogP contribution in [0.2, 0.25) is 0 Å². The van der Waals surface area contributed by atoms with Gasteiger partial charge in [-0.2, -0.15) is 0 Å². The molecule has 0 N–H and O–H groups in total. The molecule has 1 aromatic carbocycles. The third-order valence-electron chi connectivity index (χ3n) is 3.75. The zero-order valence-electron chi connectivity index (χ0n) is 8.60. The van der Waals surface area contributed by atoms with Crippen molar-refractivity contribution in [1.29, 1.82) is 0 Å². The van der Waals surface area contributed by atoms with Crippen molar-refractivity contribution in [2.45, 2.75) is 18.8 Å². The Morgan fingerprint density at radius 2 is 2.13 bits per heavy atom. The van der Waals surface area contributed by atoms with E-state index in [1.54, 1.807) is 0 Å². The number of rotatable bonds is 2. The van der Waals surface area contributed by atoms with Crippen LogP contribution in [0, 0.1) is 11.8 Å². The van der Waals surface area contributed by atoms with E-state index in [9.17, 15) is 4.79 Å². The molecule has 1 fully saturated rings. The number of carbonyl (C=O) groups excluding carboxylic acids is 1. The lowest BCUT2D eigenvalue weighted by Gasteiger charge is -2.18. The summed E-state index contributed by atoms with van der Waals surface area (Å²) in [6.07, 6.45) is 8.23. The molecule has 3 atom stereocenters. The Kier molecular flexibility index (Phi) is 1.98. The lowest BCUT2D eigenvalue weighted by molar-refractivity contribution is 0.112. The molecule has 0 amide bonds. The van der Waals surface area contributed by atoms with Crippen LogP contribution in [0.4, 0.5) is 0 Å². The second kappa shape index (κ2) is 3.34. The molecule has 0 aromatic heterocycles. The average Bonchev–Trinajstić information content (AvgIpc) is 2.91. The first-order chi connectivity index (χ1) is 7.36. The Morgan fingerprint density at radius 1 is 1.20 bits per heavy atom. The van der Waals surface area contributed by atoms with Gasteiger partial charge in [0.1, 0.15) is 6.29 Å². The molecule has 3 rings (SSSR count). The predicted molar refractivity (Wildman–Crippen MR) is 59.9 cm³/mol. The summed E-state index contributed by atoms with van der Waals surface area (Å²) in [7, 11) is 0. The van der Waals surface area contributed by atoms with Crippen LogP contribution >= 0.6 is 0 Å². The monoisotopic (exact) mass is 198 g/mol. The molecule has 1 aromatic rings. The van der Waals surface area contributed by atoms with E-state index >= 15 is 0 Å². The van der Waals surface area contributed by atoms with Crippen LogP contribution < -0.4 is 0 Å². The summed E-state index contributed by atoms with van der Waals surface area (Å²) in [6, 6.07) is 8.08. The molecule has 2 aliphatic carbocycles. The van der Waals surface area contributed by atoms with Gasteiger partial charge in [0.2, 0.25) is 0 Å². The average molecular weight is 198 g/mol. The van der Waals surface area contributed by atoms with Gasteiger partial charge < -0.3 is 0 Å². The van der Waals surface area contributed by atoms with Gasteiger partial charge in [0.15, 0.2) is 0 Å². The van der Waals surface area contributed by atoms with Crippen molar-refractivity contribution in [3.63, 3.8) is 0 Å². The molecule has 15 heavy (non-hydrogen) atoms. The van der Waals surface area contributed by atoms with Crippen LogP contribution in [-0.4, -0.2) is 6.29 Å². The molecule has 1 heteroatoms. The molecule has 3 unspecified atom stereocenters. The van der Waals surface area contributed by atoms with Gasteiger partial charge in [-0.15, -0.1) is 0 Å². The van der Waals surface area contributed by atoms with Crippen molar-refractivity contribution < 1.29 is 4.79 Å². The molecule has 1 saturated carbocycles. The quantitative estimate of drug-likeness (QED) is 0.527. The zero-order valence-corrected chi connectivity index (χ0v) is 8.60. The first-order valence-corrected chi connectivity index (χ1v) is 5.60. The van der Waals surface area contributed by atoms with Gasteiger partial charge in [0, 0.05) is 5.56 Å². The second-order valence-corrected chi connectivity index (χ2v) is 4.67. The first-order valence-electron chi connectivity index (χ1n) is 5.60. The van der Waals surface area contributed by atoms with E-state index in [4.69, 9.17) is 0 Å². The highest BCUT2D eigenvalue weighted by atomic mass is 16.1. The molecule has 0 aliphatic heterocycles. The summed E-state index contributed by atoms with van der Waals surface area (Å²) in [5.41, 5.74) is 2.15. The fourth-order valence-electron chi connectivity index (χ4n) is 3.03. The smallest absolute Gasteiger partial charge is 0.150 e. The minimum Gasteiger partial charge on any atom is -0.298 e. The number of hydrogen-bond acceptors (Lipinski definition) is 1. The molecule has 2 aliphatic rings. The van der Waals surface area contributed by atoms with Crippen LogP contribution in [0.15, 0.2) is 36.4 Å². The van der Waals surface area contributed by atoms with Crippen molar-refractivity contribution in [2.75, 3.05) is 0 Å². The maximum Gasteiger partial charge on any atom is 0.150 e. The minimum atomic E-state index is 0.653. The molecule has 0 saturated heterocycles. The third kappa shape index (κ3) is 1.43. The summed E-state index contributed by atoms with van der Waals surface area (Å²) in [5.74, 6) is 2.16. The van der Waals surface area contributed by atoms with Crippen molar-refractivity contribution >= 4 is 6.29 Å². The van der Waals surface area contributed by atoms with Crippen LogP contribution in [0.3, 0.4) is 0 Å². The molecule has 0 spiro atoms. The van der Waals surface area contributed by atoms with Crippen molar-refractivity contribution in [3.8, 4) is 0 Å². The Bertz CT molecular complexity index is 419. The number of aldehydes is 1. The van der Waals surface area contributed by atoms with E-state index < -0.39 is 0 Å². The van der Waals surface area contributed by atoms with E-state index in [0.29, 0.717) is 5.92 Å². The van der Waals surface area contributed by atoms with Crippen molar-refractivity contribution in [3.05, 3.63) is 47.5 Å². The largest absolute Gasteiger partial charge is 0.298 e. The van der Waals surface area contributed by atoms with Crippen molar-refractivity contribution in [2.24, 2.45) is 11.8 Å². The van der Waals surface area contributed by atoms with Gasteiger partial charge in [-0.3, -0.25) is 4.79 Å². The van der Waals surface area contributed by atoms with Crippen LogP contribution in [0.25, 0.3) is 0 Å². The topological polar surface area (TPSA) is 17.1 Å². The van der Waals surface area contributed by atoms with Gasteiger partial charge in [0.05, 0.1) is 0 Å². The summed E-state index contributed by atoms with van der Waals surface area (Å²) in [6.45, 7) is 0. The van der Waals surface area contributed by atoms with E-state index in [1.807, 2.05) is 18.2 Å². The Hall–Kier alpha value is -1.37. The maximum absolute atomic E-state index is 10.7. The van der Waals surface area contributed by atoms with E-state index in [0.717, 1.165) is 23.7 Å². The standard InChI is InChI=1S/C14H14O/c15-9-11-2-1-3-12(7-11)14-8-10-4-5-13(14)6-10/h1-5,7,9-10,13-14H,6,8H2. The van der Waals surface area contributed by atoms with E-state index in [1.165, 1.54) is 18.4 Å². The number of carbonyl (C=O) groups is 1. The molecule has 0 heterocycles. The van der Waals surface area contributed by atoms with Gasteiger partial charge in [-0.25, -0.2) is 0 Å². The number of hydrogen-bond donors (Lipinski definition) is 0. The fraction of sp³-hybridized carbons (Fsp3) is 0.357. The second-order valence-electron chi connectivity index (χ2n) is 4.67. The molecule has 2 bridgehead atoms. The van der Waals surface area contributed by atoms with Gasteiger partial charge >= 0.3 is 0 Å². The van der Waals surface area contributed by atoms with E-state index in [-0.39, 0.29) is 0 Å². The summed E-state index contributed by atoms with van der Waals surface area (Å²) in [4.78, 5) is 10.7. The van der Waals surface area contributed by atoms with Gasteiger partial charge in [0.25, 0.3) is 0 Å². The predicted octanol–water partition coefficient (Wildman–Crippen LogP) is 3.18. The summed E-state index contributed by atoms with van der Waals surface area (Å²) < 4.78 is 0. The molecule has 1 nitrogen and oxygen atoms in total. The maximum atomic E-state index is 10.7. The highest BCUT2D eigenvalue weighted by Gasteiger charge is 2.36. The first kappa shape index (κ1) is 8.90. The van der Waals surface area contributed by atoms with Gasteiger partial charge in [-0.1, -0.05) is 30.4 Å².